The first-order valence-electron chi connectivity index (χ1n) is 8.42. The van der Waals surface area contributed by atoms with Crippen molar-refractivity contribution in [1.29, 1.82) is 0 Å². The summed E-state index contributed by atoms with van der Waals surface area (Å²) >= 11 is 0. The Morgan fingerprint density at radius 3 is 2.60 bits per heavy atom. The molecule has 0 aliphatic rings. The minimum atomic E-state index is -0.227. The van der Waals surface area contributed by atoms with Crippen molar-refractivity contribution in [2.45, 2.75) is 32.6 Å². The molecule has 0 saturated carbocycles. The number of carbonyl (C=O) groups is 1. The molecular weight excluding hydrogens is 314 g/mol. The van der Waals surface area contributed by atoms with Crippen molar-refractivity contribution in [3.05, 3.63) is 60.0 Å². The van der Waals surface area contributed by atoms with Gasteiger partial charge in [-0.25, -0.2) is 9.78 Å². The van der Waals surface area contributed by atoms with Gasteiger partial charge in [-0.2, -0.15) is 0 Å². The minimum absolute atomic E-state index is 0.151. The van der Waals surface area contributed by atoms with Crippen LogP contribution in [0.25, 0.3) is 11.1 Å². The van der Waals surface area contributed by atoms with Crippen molar-refractivity contribution in [2.75, 3.05) is 11.9 Å². The predicted molar refractivity (Wildman–Crippen MR) is 99.9 cm³/mol. The average molecular weight is 337 g/mol. The molecule has 5 heteroatoms. The van der Waals surface area contributed by atoms with Crippen molar-refractivity contribution in [3.8, 4) is 0 Å². The SMILES string of the molecule is CC(C)(C)c1nc2cc(NC(=O)NCCc3ccccc3)ccc2o1. The molecule has 0 bridgehead atoms. The smallest absolute Gasteiger partial charge is 0.319 e. The zero-order chi connectivity index (χ0) is 17.9. The Balaban J connectivity index is 1.59. The van der Waals surface area contributed by atoms with Gasteiger partial charge >= 0.3 is 6.03 Å². The fraction of sp³-hybridized carbons (Fsp3) is 0.300. The van der Waals surface area contributed by atoms with Crippen LogP contribution < -0.4 is 10.6 Å². The molecule has 3 aromatic rings. The van der Waals surface area contributed by atoms with E-state index in [0.717, 1.165) is 17.5 Å². The molecule has 5 nitrogen and oxygen atoms in total. The molecule has 25 heavy (non-hydrogen) atoms. The van der Waals surface area contributed by atoms with Crippen molar-refractivity contribution in [2.24, 2.45) is 0 Å². The molecule has 0 aliphatic heterocycles. The molecule has 3 rings (SSSR count). The molecule has 0 saturated heterocycles. The number of nitrogens with zero attached hydrogens (tertiary/aromatic N) is 1. The van der Waals surface area contributed by atoms with Crippen LogP contribution in [-0.4, -0.2) is 17.6 Å². The number of hydrogen-bond acceptors (Lipinski definition) is 3. The van der Waals surface area contributed by atoms with Gasteiger partial charge in [0.15, 0.2) is 5.58 Å². The zero-order valence-electron chi connectivity index (χ0n) is 14.8. The second-order valence-corrected chi connectivity index (χ2v) is 7.07. The van der Waals surface area contributed by atoms with Crippen LogP contribution in [0.15, 0.2) is 52.9 Å². The Labute approximate surface area is 147 Å². The van der Waals surface area contributed by atoms with E-state index in [-0.39, 0.29) is 11.4 Å². The van der Waals surface area contributed by atoms with Crippen LogP contribution in [0.2, 0.25) is 0 Å². The lowest BCUT2D eigenvalue weighted by molar-refractivity contribution is 0.252. The van der Waals surface area contributed by atoms with Gasteiger partial charge in [0.1, 0.15) is 5.52 Å². The Kier molecular flexibility index (Phi) is 4.74. The van der Waals surface area contributed by atoms with Gasteiger partial charge in [0.2, 0.25) is 5.89 Å². The number of amides is 2. The predicted octanol–water partition coefficient (Wildman–Crippen LogP) is 4.49. The van der Waals surface area contributed by atoms with E-state index in [1.165, 1.54) is 5.56 Å². The van der Waals surface area contributed by atoms with E-state index in [4.69, 9.17) is 4.42 Å². The quantitative estimate of drug-likeness (QED) is 0.737. The summed E-state index contributed by atoms with van der Waals surface area (Å²) in [6, 6.07) is 15.3. The van der Waals surface area contributed by atoms with Gasteiger partial charge in [0, 0.05) is 17.6 Å². The van der Waals surface area contributed by atoms with Crippen molar-refractivity contribution in [1.82, 2.24) is 10.3 Å². The number of nitrogens with one attached hydrogen (secondary N) is 2. The summed E-state index contributed by atoms with van der Waals surface area (Å²) < 4.78 is 5.77. The first-order valence-corrected chi connectivity index (χ1v) is 8.42. The number of fused-ring (bicyclic) bond motifs is 1. The summed E-state index contributed by atoms with van der Waals surface area (Å²) in [5.41, 5.74) is 3.20. The summed E-state index contributed by atoms with van der Waals surface area (Å²) in [4.78, 5) is 16.6. The van der Waals surface area contributed by atoms with E-state index >= 15 is 0 Å². The molecule has 0 radical (unpaired) electrons. The van der Waals surface area contributed by atoms with Crippen LogP contribution in [-0.2, 0) is 11.8 Å². The van der Waals surface area contributed by atoms with Crippen LogP contribution in [0.3, 0.4) is 0 Å². The Morgan fingerprint density at radius 2 is 1.88 bits per heavy atom. The maximum absolute atomic E-state index is 12.0. The lowest BCUT2D eigenvalue weighted by atomic mass is 9.97. The lowest BCUT2D eigenvalue weighted by Gasteiger charge is -2.11. The minimum Gasteiger partial charge on any atom is -0.440 e. The highest BCUT2D eigenvalue weighted by molar-refractivity contribution is 5.91. The summed E-state index contributed by atoms with van der Waals surface area (Å²) in [5, 5.41) is 5.70. The van der Waals surface area contributed by atoms with E-state index in [0.29, 0.717) is 18.1 Å². The van der Waals surface area contributed by atoms with Gasteiger partial charge in [-0.15, -0.1) is 0 Å². The summed E-state index contributed by atoms with van der Waals surface area (Å²) in [6.07, 6.45) is 0.797. The summed E-state index contributed by atoms with van der Waals surface area (Å²) in [7, 11) is 0. The molecular formula is C20H23N3O2. The molecule has 0 fully saturated rings. The average Bonchev–Trinajstić information content (AvgIpc) is 2.99. The van der Waals surface area contributed by atoms with Gasteiger partial charge < -0.3 is 15.1 Å². The standard InChI is InChI=1S/C20H23N3O2/c1-20(2,3)18-23-16-13-15(9-10-17(16)25-18)22-19(24)21-12-11-14-7-5-4-6-8-14/h4-10,13H,11-12H2,1-3H3,(H2,21,22,24). The van der Waals surface area contributed by atoms with Crippen molar-refractivity contribution >= 4 is 22.8 Å². The molecule has 0 atom stereocenters. The summed E-state index contributed by atoms with van der Waals surface area (Å²) in [5.74, 6) is 0.687. The largest absolute Gasteiger partial charge is 0.440 e. The molecule has 0 aliphatic carbocycles. The number of aromatic nitrogens is 1. The van der Waals surface area contributed by atoms with Crippen molar-refractivity contribution in [3.63, 3.8) is 0 Å². The monoisotopic (exact) mass is 337 g/mol. The number of anilines is 1. The van der Waals surface area contributed by atoms with Crippen molar-refractivity contribution < 1.29 is 9.21 Å². The second kappa shape index (κ2) is 6.97. The van der Waals surface area contributed by atoms with Gasteiger partial charge in [0.25, 0.3) is 0 Å². The lowest BCUT2D eigenvalue weighted by Crippen LogP contribution is -2.30. The fourth-order valence-electron chi connectivity index (χ4n) is 2.47. The van der Waals surface area contributed by atoms with Gasteiger partial charge in [-0.1, -0.05) is 51.1 Å². The first-order chi connectivity index (χ1) is 11.9. The van der Waals surface area contributed by atoms with Gasteiger partial charge in [-0.3, -0.25) is 0 Å². The zero-order valence-corrected chi connectivity index (χ0v) is 14.8. The third-order valence-corrected chi connectivity index (χ3v) is 3.83. The fourth-order valence-corrected chi connectivity index (χ4v) is 2.47. The first kappa shape index (κ1) is 17.0. The number of carbonyl (C=O) groups excluding carboxylic acids is 1. The highest BCUT2D eigenvalue weighted by atomic mass is 16.3. The highest BCUT2D eigenvalue weighted by Gasteiger charge is 2.21. The van der Waals surface area contributed by atoms with Gasteiger partial charge in [0.05, 0.1) is 0 Å². The molecule has 2 amide bonds. The second-order valence-electron chi connectivity index (χ2n) is 7.07. The molecule has 130 valence electrons. The molecule has 1 aromatic heterocycles. The third-order valence-electron chi connectivity index (χ3n) is 3.83. The number of urea groups is 1. The van der Waals surface area contributed by atoms with E-state index in [1.54, 1.807) is 0 Å². The van der Waals surface area contributed by atoms with Crippen LogP contribution in [0.5, 0.6) is 0 Å². The maximum Gasteiger partial charge on any atom is 0.319 e. The Bertz CT molecular complexity index is 864. The highest BCUT2D eigenvalue weighted by Crippen LogP contribution is 2.27. The van der Waals surface area contributed by atoms with Crippen LogP contribution >= 0.6 is 0 Å². The molecule has 0 unspecified atom stereocenters. The maximum atomic E-state index is 12.0. The van der Waals surface area contributed by atoms with Crippen LogP contribution in [0, 0.1) is 0 Å². The summed E-state index contributed by atoms with van der Waals surface area (Å²) in [6.45, 7) is 6.74. The molecule has 1 heterocycles. The van der Waals surface area contributed by atoms with Gasteiger partial charge in [-0.05, 0) is 30.2 Å². The van der Waals surface area contributed by atoms with E-state index in [9.17, 15) is 4.79 Å². The van der Waals surface area contributed by atoms with Crippen LogP contribution in [0.1, 0.15) is 32.2 Å². The Morgan fingerprint density at radius 1 is 1.12 bits per heavy atom. The third kappa shape index (κ3) is 4.38. The molecule has 2 aromatic carbocycles. The number of benzene rings is 2. The van der Waals surface area contributed by atoms with Crippen LogP contribution in [0.4, 0.5) is 10.5 Å². The molecule has 2 N–H and O–H groups in total. The van der Waals surface area contributed by atoms with E-state index < -0.39 is 0 Å². The Hall–Kier alpha value is -2.82. The number of hydrogen-bond donors (Lipinski definition) is 2. The topological polar surface area (TPSA) is 67.2 Å². The normalized spacial score (nSPS) is 11.5. The number of rotatable bonds is 4. The van der Waals surface area contributed by atoms with E-state index in [2.05, 4.69) is 36.4 Å². The van der Waals surface area contributed by atoms with E-state index in [1.807, 2.05) is 48.5 Å². The number of oxazole rings is 1. The molecule has 0 spiro atoms.